The maximum absolute atomic E-state index is 6.23. The molecule has 0 radical (unpaired) electrons. The Labute approximate surface area is 200 Å². The van der Waals surface area contributed by atoms with Gasteiger partial charge in [0.15, 0.2) is 11.5 Å². The first-order chi connectivity index (χ1) is 14.5. The third kappa shape index (κ3) is 6.29. The minimum absolute atomic E-state index is 0.363. The summed E-state index contributed by atoms with van der Waals surface area (Å²) in [6.07, 6.45) is 0.809. The van der Waals surface area contributed by atoms with Gasteiger partial charge in [-0.05, 0) is 54.4 Å². The van der Waals surface area contributed by atoms with Gasteiger partial charge in [-0.1, -0.05) is 75.0 Å². The van der Waals surface area contributed by atoms with Gasteiger partial charge in [0.05, 0.1) is 7.11 Å². The molecule has 0 saturated carbocycles. The molecule has 0 unspecified atom stereocenters. The van der Waals surface area contributed by atoms with Crippen LogP contribution in [0.4, 0.5) is 0 Å². The van der Waals surface area contributed by atoms with Crippen LogP contribution in [-0.4, -0.2) is 13.7 Å². The molecule has 0 saturated heterocycles. The largest absolute Gasteiger partial charge is 0.493 e. The molecule has 0 aromatic heterocycles. The maximum atomic E-state index is 6.23. The minimum atomic E-state index is 0.363. The molecule has 0 amide bonds. The van der Waals surface area contributed by atoms with E-state index in [9.17, 15) is 0 Å². The highest BCUT2D eigenvalue weighted by molar-refractivity contribution is 9.10. The summed E-state index contributed by atoms with van der Waals surface area (Å²) in [5.74, 6) is 1.32. The van der Waals surface area contributed by atoms with Crippen LogP contribution in [0, 0.1) is 0 Å². The number of hydrogen-bond donors (Lipinski definition) is 1. The molecular formula is C23H21BrCl3NO2. The summed E-state index contributed by atoms with van der Waals surface area (Å²) < 4.78 is 12.4. The van der Waals surface area contributed by atoms with E-state index in [0.717, 1.165) is 34.1 Å². The molecule has 0 heterocycles. The Morgan fingerprint density at radius 1 is 0.867 bits per heavy atom. The Hall–Kier alpha value is -1.43. The first-order valence-electron chi connectivity index (χ1n) is 9.35. The van der Waals surface area contributed by atoms with E-state index in [4.69, 9.17) is 44.3 Å². The molecule has 0 fully saturated rings. The molecular weight excluding hydrogens is 509 g/mol. The molecule has 3 nitrogen and oxygen atoms in total. The molecule has 7 heteroatoms. The quantitative estimate of drug-likeness (QED) is 0.295. The van der Waals surface area contributed by atoms with Gasteiger partial charge in [0, 0.05) is 31.6 Å². The molecule has 0 spiro atoms. The number of benzene rings is 3. The molecule has 3 aromatic rings. The third-order valence-electron chi connectivity index (χ3n) is 4.58. The Morgan fingerprint density at radius 2 is 1.67 bits per heavy atom. The van der Waals surface area contributed by atoms with Crippen molar-refractivity contribution in [1.29, 1.82) is 0 Å². The zero-order chi connectivity index (χ0) is 21.5. The van der Waals surface area contributed by atoms with Crippen molar-refractivity contribution in [3.63, 3.8) is 0 Å². The van der Waals surface area contributed by atoms with Gasteiger partial charge in [-0.3, -0.25) is 0 Å². The number of rotatable bonds is 9. The first kappa shape index (κ1) is 23.2. The fourth-order valence-electron chi connectivity index (χ4n) is 2.93. The standard InChI is InChI=1S/C23H21BrCl3NO2/c1-29-22-10-17(13-28-9-8-15-6-7-18(25)11-21(15)27)19(24)12-23(22)30-14-16-4-2-3-5-20(16)26/h2-7,10-12,28H,8-9,13-14H2,1H3. The fraction of sp³-hybridized carbons (Fsp3) is 0.217. The average molecular weight is 530 g/mol. The van der Waals surface area contributed by atoms with E-state index in [1.165, 1.54) is 0 Å². The van der Waals surface area contributed by atoms with E-state index < -0.39 is 0 Å². The van der Waals surface area contributed by atoms with Crippen LogP contribution in [0.5, 0.6) is 11.5 Å². The zero-order valence-corrected chi connectivity index (χ0v) is 20.2. The number of hydrogen-bond acceptors (Lipinski definition) is 3. The first-order valence-corrected chi connectivity index (χ1v) is 11.3. The van der Waals surface area contributed by atoms with Gasteiger partial charge in [0.2, 0.25) is 0 Å². The lowest BCUT2D eigenvalue weighted by molar-refractivity contribution is 0.284. The molecule has 3 rings (SSSR count). The van der Waals surface area contributed by atoms with Crippen LogP contribution in [-0.2, 0) is 19.6 Å². The van der Waals surface area contributed by atoms with Crippen molar-refractivity contribution in [1.82, 2.24) is 5.32 Å². The number of methoxy groups -OCH3 is 1. The van der Waals surface area contributed by atoms with Gasteiger partial charge >= 0.3 is 0 Å². The highest BCUT2D eigenvalue weighted by atomic mass is 79.9. The Bertz CT molecular complexity index is 1010. The van der Waals surface area contributed by atoms with Crippen molar-refractivity contribution in [2.24, 2.45) is 0 Å². The second kappa shape index (κ2) is 11.3. The summed E-state index contributed by atoms with van der Waals surface area (Å²) in [5.41, 5.74) is 3.05. The van der Waals surface area contributed by atoms with E-state index in [1.54, 1.807) is 13.2 Å². The van der Waals surface area contributed by atoms with Crippen molar-refractivity contribution < 1.29 is 9.47 Å². The lowest BCUT2D eigenvalue weighted by atomic mass is 10.1. The molecule has 3 aromatic carbocycles. The summed E-state index contributed by atoms with van der Waals surface area (Å²) >= 11 is 22.0. The van der Waals surface area contributed by atoms with Gasteiger partial charge < -0.3 is 14.8 Å². The number of ether oxygens (including phenoxy) is 2. The summed E-state index contributed by atoms with van der Waals surface area (Å²) in [6.45, 7) is 1.82. The second-order valence-corrected chi connectivity index (χ2v) is 8.74. The predicted molar refractivity (Wildman–Crippen MR) is 128 cm³/mol. The van der Waals surface area contributed by atoms with Gasteiger partial charge in [0.1, 0.15) is 6.61 Å². The van der Waals surface area contributed by atoms with Crippen LogP contribution in [0.2, 0.25) is 15.1 Å². The van der Waals surface area contributed by atoms with E-state index in [0.29, 0.717) is 39.7 Å². The lowest BCUT2D eigenvalue weighted by Gasteiger charge is -2.15. The van der Waals surface area contributed by atoms with Gasteiger partial charge in [-0.15, -0.1) is 0 Å². The van der Waals surface area contributed by atoms with Crippen LogP contribution in [0.15, 0.2) is 59.1 Å². The number of nitrogens with one attached hydrogen (secondary N) is 1. The van der Waals surface area contributed by atoms with E-state index >= 15 is 0 Å². The summed E-state index contributed by atoms with van der Waals surface area (Å²) in [6, 6.07) is 17.1. The molecule has 0 aliphatic heterocycles. The number of halogens is 4. The van der Waals surface area contributed by atoms with Crippen molar-refractivity contribution in [2.75, 3.05) is 13.7 Å². The van der Waals surface area contributed by atoms with Crippen LogP contribution >= 0.6 is 50.7 Å². The average Bonchev–Trinajstić information content (AvgIpc) is 2.73. The molecule has 30 heavy (non-hydrogen) atoms. The molecule has 1 N–H and O–H groups in total. The normalized spacial score (nSPS) is 10.8. The maximum Gasteiger partial charge on any atom is 0.162 e. The molecule has 0 aliphatic rings. The highest BCUT2D eigenvalue weighted by Gasteiger charge is 2.11. The van der Waals surface area contributed by atoms with Gasteiger partial charge in [0.25, 0.3) is 0 Å². The summed E-state index contributed by atoms with van der Waals surface area (Å²) in [5, 5.41) is 5.44. The molecule has 0 bridgehead atoms. The monoisotopic (exact) mass is 527 g/mol. The predicted octanol–water partition coefficient (Wildman–Crippen LogP) is 7.33. The van der Waals surface area contributed by atoms with E-state index in [1.807, 2.05) is 48.5 Å². The molecule has 0 atom stereocenters. The summed E-state index contributed by atoms with van der Waals surface area (Å²) in [7, 11) is 1.63. The Balaban J connectivity index is 1.60. The highest BCUT2D eigenvalue weighted by Crippen LogP contribution is 2.34. The van der Waals surface area contributed by atoms with Crippen LogP contribution in [0.1, 0.15) is 16.7 Å². The van der Waals surface area contributed by atoms with Crippen molar-refractivity contribution in [3.8, 4) is 11.5 Å². The minimum Gasteiger partial charge on any atom is -0.493 e. The Morgan fingerprint density at radius 3 is 2.40 bits per heavy atom. The fourth-order valence-corrected chi connectivity index (χ4v) is 4.08. The second-order valence-electron chi connectivity index (χ2n) is 6.64. The third-order valence-corrected chi connectivity index (χ3v) is 6.27. The Kier molecular flexibility index (Phi) is 8.72. The van der Waals surface area contributed by atoms with Crippen molar-refractivity contribution in [3.05, 3.63) is 90.8 Å². The lowest BCUT2D eigenvalue weighted by Crippen LogP contribution is -2.17. The van der Waals surface area contributed by atoms with Crippen LogP contribution < -0.4 is 14.8 Å². The zero-order valence-electron chi connectivity index (χ0n) is 16.4. The SMILES string of the molecule is COc1cc(CNCCc2ccc(Cl)cc2Cl)c(Br)cc1OCc1ccccc1Cl. The molecule has 0 aliphatic carbocycles. The van der Waals surface area contributed by atoms with Crippen LogP contribution in [0.3, 0.4) is 0 Å². The smallest absolute Gasteiger partial charge is 0.162 e. The molecule has 158 valence electrons. The summed E-state index contributed by atoms with van der Waals surface area (Å²) in [4.78, 5) is 0. The van der Waals surface area contributed by atoms with E-state index in [2.05, 4.69) is 21.2 Å². The van der Waals surface area contributed by atoms with E-state index in [-0.39, 0.29) is 0 Å². The topological polar surface area (TPSA) is 30.5 Å². The van der Waals surface area contributed by atoms with Gasteiger partial charge in [-0.2, -0.15) is 0 Å². The van der Waals surface area contributed by atoms with Crippen LogP contribution in [0.25, 0.3) is 0 Å². The van der Waals surface area contributed by atoms with Crippen molar-refractivity contribution >= 4 is 50.7 Å². The van der Waals surface area contributed by atoms with Crippen molar-refractivity contribution in [2.45, 2.75) is 19.6 Å². The van der Waals surface area contributed by atoms with Gasteiger partial charge in [-0.25, -0.2) is 0 Å².